The van der Waals surface area contributed by atoms with Crippen LogP contribution in [0.3, 0.4) is 0 Å². The van der Waals surface area contributed by atoms with Crippen molar-refractivity contribution in [3.63, 3.8) is 0 Å². The van der Waals surface area contributed by atoms with Crippen molar-refractivity contribution in [2.24, 2.45) is 0 Å². The summed E-state index contributed by atoms with van der Waals surface area (Å²) >= 11 is 1.57. The number of H-pyrrole nitrogens is 1. The largest absolute Gasteiger partial charge is 0.358 e. The molecule has 1 aromatic carbocycles. The second kappa shape index (κ2) is 4.55. The van der Waals surface area contributed by atoms with Crippen LogP contribution in [0.15, 0.2) is 35.0 Å². The Morgan fingerprint density at radius 3 is 2.84 bits per heavy atom. The Labute approximate surface area is 115 Å². The van der Waals surface area contributed by atoms with Crippen molar-refractivity contribution >= 4 is 33.8 Å². The maximum atomic E-state index is 12.2. The predicted octanol–water partition coefficient (Wildman–Crippen LogP) is 4.10. The third-order valence-electron chi connectivity index (χ3n) is 3.35. The molecule has 0 bridgehead atoms. The molecule has 0 aliphatic carbocycles. The molecule has 0 unspecified atom stereocenters. The fourth-order valence-electron chi connectivity index (χ4n) is 2.14. The number of aromatic amines is 1. The first-order chi connectivity index (χ1) is 9.15. The van der Waals surface area contributed by atoms with Gasteiger partial charge in [-0.1, -0.05) is 0 Å². The molecule has 0 saturated heterocycles. The number of nitrogens with one attached hydrogen (secondary N) is 2. The van der Waals surface area contributed by atoms with E-state index >= 15 is 0 Å². The van der Waals surface area contributed by atoms with E-state index in [-0.39, 0.29) is 5.91 Å². The standard InChI is InChI=1S/C15H14N2OS/c1-9-10(2)16-14-4-3-11(7-13(9)14)15(18)17-12-5-6-19-8-12/h3-8,16H,1-2H3,(H,17,18). The Morgan fingerprint density at radius 2 is 2.11 bits per heavy atom. The number of benzene rings is 1. The number of rotatable bonds is 2. The Bertz CT molecular complexity index is 741. The maximum Gasteiger partial charge on any atom is 0.255 e. The first-order valence-corrected chi connectivity index (χ1v) is 7.02. The monoisotopic (exact) mass is 270 g/mol. The fraction of sp³-hybridized carbons (Fsp3) is 0.133. The number of anilines is 1. The summed E-state index contributed by atoms with van der Waals surface area (Å²) in [6.07, 6.45) is 0. The molecule has 0 spiro atoms. The Kier molecular flexibility index (Phi) is 2.87. The molecule has 3 aromatic rings. The van der Waals surface area contributed by atoms with Gasteiger partial charge in [0.2, 0.25) is 0 Å². The number of carbonyl (C=O) groups excluding carboxylic acids is 1. The van der Waals surface area contributed by atoms with E-state index in [9.17, 15) is 4.79 Å². The molecule has 0 saturated carbocycles. The number of hydrogen-bond donors (Lipinski definition) is 2. The molecule has 19 heavy (non-hydrogen) atoms. The van der Waals surface area contributed by atoms with Crippen LogP contribution >= 0.6 is 11.3 Å². The third kappa shape index (κ3) is 2.15. The number of hydrogen-bond acceptors (Lipinski definition) is 2. The minimum atomic E-state index is -0.0708. The summed E-state index contributed by atoms with van der Waals surface area (Å²) in [5, 5.41) is 7.86. The molecule has 2 N–H and O–H groups in total. The van der Waals surface area contributed by atoms with E-state index in [1.807, 2.05) is 41.9 Å². The third-order valence-corrected chi connectivity index (χ3v) is 4.03. The lowest BCUT2D eigenvalue weighted by atomic mass is 10.1. The predicted molar refractivity (Wildman–Crippen MR) is 80.0 cm³/mol. The number of carbonyl (C=O) groups is 1. The highest BCUT2D eigenvalue weighted by Crippen LogP contribution is 2.23. The van der Waals surface area contributed by atoms with Gasteiger partial charge in [-0.05, 0) is 49.1 Å². The summed E-state index contributed by atoms with van der Waals surface area (Å²) in [5.41, 5.74) is 4.94. The smallest absolute Gasteiger partial charge is 0.255 e. The lowest BCUT2D eigenvalue weighted by Gasteiger charge is -2.03. The van der Waals surface area contributed by atoms with E-state index in [2.05, 4.69) is 17.2 Å². The number of fused-ring (bicyclic) bond motifs is 1. The lowest BCUT2D eigenvalue weighted by Crippen LogP contribution is -2.10. The first-order valence-electron chi connectivity index (χ1n) is 6.07. The fourth-order valence-corrected chi connectivity index (χ4v) is 2.73. The molecule has 4 heteroatoms. The maximum absolute atomic E-state index is 12.2. The molecule has 0 radical (unpaired) electrons. The lowest BCUT2D eigenvalue weighted by molar-refractivity contribution is 0.102. The van der Waals surface area contributed by atoms with Gasteiger partial charge in [0.25, 0.3) is 5.91 Å². The second-order valence-corrected chi connectivity index (χ2v) is 5.38. The quantitative estimate of drug-likeness (QED) is 0.723. The van der Waals surface area contributed by atoms with Crippen LogP contribution in [-0.2, 0) is 0 Å². The first kappa shape index (κ1) is 12.0. The summed E-state index contributed by atoms with van der Waals surface area (Å²) in [5.74, 6) is -0.0708. The van der Waals surface area contributed by atoms with Gasteiger partial charge < -0.3 is 10.3 Å². The van der Waals surface area contributed by atoms with Gasteiger partial charge in [-0.15, -0.1) is 0 Å². The number of aromatic nitrogens is 1. The zero-order chi connectivity index (χ0) is 13.4. The van der Waals surface area contributed by atoms with Gasteiger partial charge in [0.15, 0.2) is 0 Å². The molecular weight excluding hydrogens is 256 g/mol. The minimum Gasteiger partial charge on any atom is -0.358 e. The van der Waals surface area contributed by atoms with Crippen molar-refractivity contribution in [2.45, 2.75) is 13.8 Å². The van der Waals surface area contributed by atoms with Gasteiger partial charge in [0.1, 0.15) is 0 Å². The van der Waals surface area contributed by atoms with Crippen LogP contribution in [-0.4, -0.2) is 10.9 Å². The van der Waals surface area contributed by atoms with E-state index < -0.39 is 0 Å². The molecule has 3 rings (SSSR count). The van der Waals surface area contributed by atoms with Crippen LogP contribution < -0.4 is 5.32 Å². The van der Waals surface area contributed by atoms with E-state index in [1.165, 1.54) is 5.56 Å². The number of aryl methyl sites for hydroxylation is 2. The average Bonchev–Trinajstić information content (AvgIpc) is 2.99. The van der Waals surface area contributed by atoms with E-state index in [1.54, 1.807) is 11.3 Å². The highest BCUT2D eigenvalue weighted by atomic mass is 32.1. The van der Waals surface area contributed by atoms with Crippen LogP contribution in [0.25, 0.3) is 10.9 Å². The van der Waals surface area contributed by atoms with Crippen molar-refractivity contribution in [3.05, 3.63) is 51.8 Å². The summed E-state index contributed by atoms with van der Waals surface area (Å²) in [4.78, 5) is 15.5. The summed E-state index contributed by atoms with van der Waals surface area (Å²) in [7, 11) is 0. The second-order valence-electron chi connectivity index (χ2n) is 4.60. The van der Waals surface area contributed by atoms with E-state index in [4.69, 9.17) is 0 Å². The van der Waals surface area contributed by atoms with Crippen LogP contribution in [0.5, 0.6) is 0 Å². The highest BCUT2D eigenvalue weighted by molar-refractivity contribution is 7.08. The molecule has 3 nitrogen and oxygen atoms in total. The molecular formula is C15H14N2OS. The number of thiophene rings is 1. The van der Waals surface area contributed by atoms with Gasteiger partial charge in [-0.3, -0.25) is 4.79 Å². The van der Waals surface area contributed by atoms with E-state index in [0.29, 0.717) is 5.56 Å². The SMILES string of the molecule is Cc1[nH]c2ccc(C(=O)Nc3ccsc3)cc2c1C. The Hall–Kier alpha value is -2.07. The summed E-state index contributed by atoms with van der Waals surface area (Å²) in [6.45, 7) is 4.11. The zero-order valence-electron chi connectivity index (χ0n) is 10.8. The number of amides is 1. The van der Waals surface area contributed by atoms with Crippen LogP contribution in [0.2, 0.25) is 0 Å². The van der Waals surface area contributed by atoms with E-state index in [0.717, 1.165) is 22.3 Å². The van der Waals surface area contributed by atoms with Crippen molar-refractivity contribution in [1.82, 2.24) is 4.98 Å². The Balaban J connectivity index is 1.96. The molecule has 2 heterocycles. The van der Waals surface area contributed by atoms with Gasteiger partial charge in [-0.2, -0.15) is 11.3 Å². The van der Waals surface area contributed by atoms with Gasteiger partial charge in [0, 0.05) is 27.5 Å². The van der Waals surface area contributed by atoms with Gasteiger partial charge in [-0.25, -0.2) is 0 Å². The van der Waals surface area contributed by atoms with Crippen molar-refractivity contribution in [3.8, 4) is 0 Å². The molecule has 2 aromatic heterocycles. The molecule has 0 atom stereocenters. The summed E-state index contributed by atoms with van der Waals surface area (Å²) < 4.78 is 0. The summed E-state index contributed by atoms with van der Waals surface area (Å²) in [6, 6.07) is 7.64. The normalized spacial score (nSPS) is 10.8. The van der Waals surface area contributed by atoms with Gasteiger partial charge in [0.05, 0.1) is 5.69 Å². The van der Waals surface area contributed by atoms with Crippen molar-refractivity contribution in [1.29, 1.82) is 0 Å². The Morgan fingerprint density at radius 1 is 1.26 bits per heavy atom. The van der Waals surface area contributed by atoms with Crippen molar-refractivity contribution < 1.29 is 4.79 Å². The topological polar surface area (TPSA) is 44.9 Å². The zero-order valence-corrected chi connectivity index (χ0v) is 11.6. The van der Waals surface area contributed by atoms with Crippen molar-refractivity contribution in [2.75, 3.05) is 5.32 Å². The minimum absolute atomic E-state index is 0.0708. The van der Waals surface area contributed by atoms with Gasteiger partial charge >= 0.3 is 0 Å². The van der Waals surface area contributed by atoms with Crippen LogP contribution in [0, 0.1) is 13.8 Å². The molecule has 0 aliphatic heterocycles. The van der Waals surface area contributed by atoms with Crippen LogP contribution in [0.1, 0.15) is 21.6 Å². The molecule has 0 aliphatic rings. The average molecular weight is 270 g/mol. The highest BCUT2D eigenvalue weighted by Gasteiger charge is 2.10. The molecule has 1 amide bonds. The van der Waals surface area contributed by atoms with Crippen LogP contribution in [0.4, 0.5) is 5.69 Å². The molecule has 96 valence electrons. The molecule has 0 fully saturated rings.